The van der Waals surface area contributed by atoms with Crippen LogP contribution >= 0.6 is 0 Å². The zero-order valence-corrected chi connectivity index (χ0v) is 9.83. The lowest BCUT2D eigenvalue weighted by molar-refractivity contribution is -0.145. The van der Waals surface area contributed by atoms with E-state index in [0.29, 0.717) is 17.7 Å². The molecule has 1 heterocycles. The van der Waals surface area contributed by atoms with E-state index in [2.05, 4.69) is 0 Å². The highest BCUT2D eigenvalue weighted by Crippen LogP contribution is 2.39. The number of imide groups is 1. The van der Waals surface area contributed by atoms with E-state index in [1.165, 1.54) is 0 Å². The second-order valence-electron chi connectivity index (χ2n) is 5.18. The van der Waals surface area contributed by atoms with Crippen LogP contribution in [0, 0.1) is 5.92 Å². The molecule has 1 saturated carbocycles. The van der Waals surface area contributed by atoms with Crippen LogP contribution in [0.4, 0.5) is 4.79 Å². The normalized spacial score (nSPS) is 29.4. The Bertz CT molecular complexity index is 404. The molecular weight excluding hydrogens is 240 g/mol. The van der Waals surface area contributed by atoms with Crippen molar-refractivity contribution in [1.29, 1.82) is 0 Å². The van der Waals surface area contributed by atoms with Crippen molar-refractivity contribution in [3.8, 4) is 0 Å². The smallest absolute Gasteiger partial charge is 0.414 e. The minimum atomic E-state index is -1.50. The van der Waals surface area contributed by atoms with Gasteiger partial charge in [-0.3, -0.25) is 4.79 Å². The summed E-state index contributed by atoms with van der Waals surface area (Å²) in [6.45, 7) is 0. The average molecular weight is 256 g/mol. The lowest BCUT2D eigenvalue weighted by Gasteiger charge is -2.15. The third-order valence-corrected chi connectivity index (χ3v) is 3.78. The molecule has 0 aromatic heterocycles. The summed E-state index contributed by atoms with van der Waals surface area (Å²) in [5.41, 5.74) is 5.69. The van der Waals surface area contributed by atoms with E-state index in [4.69, 9.17) is 15.9 Å². The number of rotatable bonds is 4. The molecule has 1 aliphatic carbocycles. The summed E-state index contributed by atoms with van der Waals surface area (Å²) < 4.78 is 0. The number of carbonyl (C=O) groups is 3. The Morgan fingerprint density at radius 2 is 2.00 bits per heavy atom. The maximum atomic E-state index is 11.8. The lowest BCUT2D eigenvalue weighted by atomic mass is 9.96. The van der Waals surface area contributed by atoms with Crippen LogP contribution in [0.1, 0.15) is 32.1 Å². The third kappa shape index (κ3) is 2.31. The van der Waals surface area contributed by atoms with E-state index in [1.54, 1.807) is 0 Å². The van der Waals surface area contributed by atoms with Crippen molar-refractivity contribution in [2.45, 2.75) is 43.7 Å². The molecule has 7 heteroatoms. The predicted molar refractivity (Wildman–Crippen MR) is 59.8 cm³/mol. The van der Waals surface area contributed by atoms with Gasteiger partial charge in [-0.2, -0.15) is 0 Å². The molecule has 100 valence electrons. The van der Waals surface area contributed by atoms with Crippen molar-refractivity contribution in [1.82, 2.24) is 4.90 Å². The summed E-state index contributed by atoms with van der Waals surface area (Å²) in [6.07, 6.45) is 1.49. The lowest BCUT2D eigenvalue weighted by Crippen LogP contribution is -2.42. The van der Waals surface area contributed by atoms with Crippen LogP contribution in [0.3, 0.4) is 0 Å². The molecule has 0 aromatic rings. The molecule has 2 aliphatic rings. The fraction of sp³-hybridized carbons (Fsp3) is 0.727. The van der Waals surface area contributed by atoms with Crippen LogP contribution < -0.4 is 5.73 Å². The SMILES string of the molecule is NC1(CCC2C[C@@H](C(=O)O)N(C(=O)O)C2=O)CC1. The molecular formula is C11H16N2O5. The summed E-state index contributed by atoms with van der Waals surface area (Å²) in [4.78, 5) is 34.1. The maximum Gasteiger partial charge on any atom is 0.414 e. The van der Waals surface area contributed by atoms with Crippen LogP contribution in [-0.2, 0) is 9.59 Å². The van der Waals surface area contributed by atoms with Gasteiger partial charge < -0.3 is 15.9 Å². The Hall–Kier alpha value is -1.63. The first-order valence-electron chi connectivity index (χ1n) is 5.92. The van der Waals surface area contributed by atoms with E-state index >= 15 is 0 Å². The van der Waals surface area contributed by atoms with E-state index in [-0.39, 0.29) is 12.0 Å². The Morgan fingerprint density at radius 3 is 2.39 bits per heavy atom. The molecule has 18 heavy (non-hydrogen) atoms. The molecule has 0 spiro atoms. The molecule has 0 bridgehead atoms. The number of likely N-dealkylation sites (tertiary alicyclic amines) is 1. The van der Waals surface area contributed by atoms with E-state index < -0.39 is 29.9 Å². The molecule has 2 rings (SSSR count). The van der Waals surface area contributed by atoms with Crippen LogP contribution in [0.5, 0.6) is 0 Å². The predicted octanol–water partition coefficient (Wildman–Crippen LogP) is 0.238. The Balaban J connectivity index is 2.02. The van der Waals surface area contributed by atoms with Gasteiger partial charge in [-0.1, -0.05) is 0 Å². The average Bonchev–Trinajstić information content (AvgIpc) is 2.89. The zero-order chi connectivity index (χ0) is 13.5. The summed E-state index contributed by atoms with van der Waals surface area (Å²) in [7, 11) is 0. The van der Waals surface area contributed by atoms with Gasteiger partial charge in [0.2, 0.25) is 5.91 Å². The first-order valence-corrected chi connectivity index (χ1v) is 5.92. The van der Waals surface area contributed by atoms with Crippen LogP contribution in [-0.4, -0.2) is 44.7 Å². The van der Waals surface area contributed by atoms with E-state index in [1.807, 2.05) is 0 Å². The molecule has 1 unspecified atom stereocenters. The van der Waals surface area contributed by atoms with Crippen LogP contribution in [0.25, 0.3) is 0 Å². The summed E-state index contributed by atoms with van der Waals surface area (Å²) >= 11 is 0. The van der Waals surface area contributed by atoms with Gasteiger partial charge in [0.15, 0.2) is 0 Å². The van der Waals surface area contributed by atoms with E-state index in [0.717, 1.165) is 12.8 Å². The van der Waals surface area contributed by atoms with Crippen molar-refractivity contribution >= 4 is 18.0 Å². The summed E-state index contributed by atoms with van der Waals surface area (Å²) in [6, 6.07) is -1.26. The number of aliphatic carboxylic acids is 1. The van der Waals surface area contributed by atoms with Gasteiger partial charge in [0.05, 0.1) is 0 Å². The van der Waals surface area contributed by atoms with Crippen LogP contribution in [0.15, 0.2) is 0 Å². The second-order valence-corrected chi connectivity index (χ2v) is 5.18. The van der Waals surface area contributed by atoms with Crippen molar-refractivity contribution in [2.75, 3.05) is 0 Å². The number of hydrogen-bond donors (Lipinski definition) is 3. The van der Waals surface area contributed by atoms with Gasteiger partial charge in [0.25, 0.3) is 0 Å². The van der Waals surface area contributed by atoms with Gasteiger partial charge in [-0.05, 0) is 32.1 Å². The summed E-state index contributed by atoms with van der Waals surface area (Å²) in [5, 5.41) is 17.8. The fourth-order valence-corrected chi connectivity index (χ4v) is 2.38. The molecule has 2 fully saturated rings. The summed E-state index contributed by atoms with van der Waals surface area (Å²) in [5.74, 6) is -2.43. The largest absolute Gasteiger partial charge is 0.480 e. The Labute approximate surface area is 104 Å². The van der Waals surface area contributed by atoms with Crippen LogP contribution in [0.2, 0.25) is 0 Å². The Morgan fingerprint density at radius 1 is 1.39 bits per heavy atom. The van der Waals surface area contributed by atoms with Gasteiger partial charge in [0, 0.05) is 11.5 Å². The molecule has 0 radical (unpaired) electrons. The standard InChI is InChI=1S/C11H16N2O5/c12-11(3-4-11)2-1-6-5-7(9(15)16)13(8(6)14)10(17)18/h6-7H,1-5,12H2,(H,15,16)(H,17,18)/t6?,7-/m0/s1. The minimum Gasteiger partial charge on any atom is -0.480 e. The van der Waals surface area contributed by atoms with Gasteiger partial charge in [0.1, 0.15) is 6.04 Å². The van der Waals surface area contributed by atoms with Crippen molar-refractivity contribution in [2.24, 2.45) is 11.7 Å². The highest BCUT2D eigenvalue weighted by atomic mass is 16.4. The molecule has 0 aromatic carbocycles. The van der Waals surface area contributed by atoms with Gasteiger partial charge in [-0.25, -0.2) is 14.5 Å². The monoisotopic (exact) mass is 256 g/mol. The van der Waals surface area contributed by atoms with Crippen molar-refractivity contribution < 1.29 is 24.6 Å². The quantitative estimate of drug-likeness (QED) is 0.662. The number of hydrogen-bond acceptors (Lipinski definition) is 4. The molecule has 2 atom stereocenters. The number of carboxylic acids is 1. The molecule has 1 saturated heterocycles. The van der Waals surface area contributed by atoms with Crippen molar-refractivity contribution in [3.05, 3.63) is 0 Å². The number of carboxylic acid groups (broad SMARTS) is 2. The highest BCUT2D eigenvalue weighted by Gasteiger charge is 2.48. The highest BCUT2D eigenvalue weighted by molar-refractivity contribution is 5.99. The van der Waals surface area contributed by atoms with Gasteiger partial charge >= 0.3 is 12.1 Å². The molecule has 1 aliphatic heterocycles. The maximum absolute atomic E-state index is 11.8. The number of carbonyl (C=O) groups excluding carboxylic acids is 1. The molecule has 7 nitrogen and oxygen atoms in total. The van der Waals surface area contributed by atoms with Crippen molar-refractivity contribution in [3.63, 3.8) is 0 Å². The second kappa shape index (κ2) is 4.24. The molecule has 2 amide bonds. The van der Waals surface area contributed by atoms with E-state index in [9.17, 15) is 14.4 Å². The first-order chi connectivity index (χ1) is 8.34. The topological polar surface area (TPSA) is 121 Å². The number of amides is 2. The fourth-order valence-electron chi connectivity index (χ4n) is 2.38. The Kier molecular flexibility index (Phi) is 3.02. The number of nitrogens with two attached hydrogens (primary N) is 1. The first kappa shape index (κ1) is 12.8. The molecule has 4 N–H and O–H groups in total. The number of nitrogens with zero attached hydrogens (tertiary/aromatic N) is 1. The minimum absolute atomic E-state index is 0.0521. The zero-order valence-electron chi connectivity index (χ0n) is 9.83. The van der Waals surface area contributed by atoms with Gasteiger partial charge in [-0.15, -0.1) is 0 Å². The third-order valence-electron chi connectivity index (χ3n) is 3.78.